The lowest BCUT2D eigenvalue weighted by atomic mass is 10.0. The monoisotopic (exact) mass is 245 g/mol. The van der Waals surface area contributed by atoms with Gasteiger partial charge in [-0.3, -0.25) is 4.79 Å². The first kappa shape index (κ1) is 14.7. The van der Waals surface area contributed by atoms with Crippen molar-refractivity contribution >= 4 is 18.4 Å². The van der Waals surface area contributed by atoms with Gasteiger partial charge in [0.15, 0.2) is 0 Å². The maximum Gasteiger partial charge on any atom is 0.327 e. The molecule has 0 spiro atoms. The standard InChI is InChI=1S/C11H15NO3.ClH/c1-7-6-8(4-5-9(7)14-2)10(12)11(13)15-3;/h4-6,10H,12H2,1-3H3;1H/t10-;/m1./s1. The van der Waals surface area contributed by atoms with Gasteiger partial charge >= 0.3 is 5.97 Å². The van der Waals surface area contributed by atoms with Gasteiger partial charge in [0.1, 0.15) is 11.8 Å². The molecular formula is C11H16ClNO3. The molecule has 0 aromatic heterocycles. The van der Waals surface area contributed by atoms with Crippen LogP contribution in [0.1, 0.15) is 17.2 Å². The molecule has 0 saturated carbocycles. The fourth-order valence-corrected chi connectivity index (χ4v) is 1.36. The summed E-state index contributed by atoms with van der Waals surface area (Å²) >= 11 is 0. The van der Waals surface area contributed by atoms with Gasteiger partial charge in [0.05, 0.1) is 14.2 Å². The van der Waals surface area contributed by atoms with E-state index in [1.807, 2.05) is 13.0 Å². The molecule has 0 fully saturated rings. The lowest BCUT2D eigenvalue weighted by molar-refractivity contribution is -0.142. The summed E-state index contributed by atoms with van der Waals surface area (Å²) < 4.78 is 9.68. The number of halogens is 1. The molecule has 4 nitrogen and oxygen atoms in total. The highest BCUT2D eigenvalue weighted by Gasteiger charge is 2.16. The quantitative estimate of drug-likeness (QED) is 0.822. The van der Waals surface area contributed by atoms with E-state index in [9.17, 15) is 4.79 Å². The molecule has 0 heterocycles. The summed E-state index contributed by atoms with van der Waals surface area (Å²) in [5, 5.41) is 0. The number of ether oxygens (including phenoxy) is 2. The second-order valence-electron chi connectivity index (χ2n) is 3.23. The first-order valence-corrected chi connectivity index (χ1v) is 4.58. The summed E-state index contributed by atoms with van der Waals surface area (Å²) in [6.07, 6.45) is 0. The average Bonchev–Trinajstić information content (AvgIpc) is 2.26. The third-order valence-corrected chi connectivity index (χ3v) is 2.23. The van der Waals surface area contributed by atoms with Gasteiger partial charge in [0.2, 0.25) is 0 Å². The zero-order chi connectivity index (χ0) is 11.4. The van der Waals surface area contributed by atoms with Crippen LogP contribution in [0.2, 0.25) is 0 Å². The first-order chi connectivity index (χ1) is 7.10. The number of carbonyl (C=O) groups is 1. The lowest BCUT2D eigenvalue weighted by Crippen LogP contribution is -2.22. The van der Waals surface area contributed by atoms with Crippen LogP contribution in [0.5, 0.6) is 5.75 Å². The van der Waals surface area contributed by atoms with Crippen molar-refractivity contribution in [1.29, 1.82) is 0 Å². The van der Waals surface area contributed by atoms with Crippen molar-refractivity contribution in [2.75, 3.05) is 14.2 Å². The Kier molecular flexibility index (Phi) is 5.85. The van der Waals surface area contributed by atoms with Crippen LogP contribution in [0.15, 0.2) is 18.2 Å². The highest BCUT2D eigenvalue weighted by molar-refractivity contribution is 5.85. The molecule has 0 radical (unpaired) electrons. The van der Waals surface area contributed by atoms with Gasteiger partial charge in [0.25, 0.3) is 0 Å². The van der Waals surface area contributed by atoms with E-state index in [0.717, 1.165) is 16.9 Å². The molecule has 0 amide bonds. The Balaban J connectivity index is 0.00000225. The Bertz CT molecular complexity index is 368. The topological polar surface area (TPSA) is 61.5 Å². The molecule has 0 aliphatic carbocycles. The van der Waals surface area contributed by atoms with E-state index in [1.54, 1.807) is 19.2 Å². The Hall–Kier alpha value is -1.26. The van der Waals surface area contributed by atoms with E-state index in [1.165, 1.54) is 7.11 Å². The number of hydrogen-bond donors (Lipinski definition) is 1. The number of hydrogen-bond acceptors (Lipinski definition) is 4. The molecule has 16 heavy (non-hydrogen) atoms. The highest BCUT2D eigenvalue weighted by Crippen LogP contribution is 2.21. The summed E-state index contributed by atoms with van der Waals surface area (Å²) in [6, 6.07) is 4.63. The van der Waals surface area contributed by atoms with E-state index >= 15 is 0 Å². The Morgan fingerprint density at radius 2 is 2.00 bits per heavy atom. The predicted molar refractivity (Wildman–Crippen MR) is 63.9 cm³/mol. The van der Waals surface area contributed by atoms with Gasteiger partial charge in [-0.1, -0.05) is 12.1 Å². The molecule has 0 unspecified atom stereocenters. The van der Waals surface area contributed by atoms with Crippen LogP contribution in [0.4, 0.5) is 0 Å². The second kappa shape index (κ2) is 6.35. The van der Waals surface area contributed by atoms with E-state index in [0.29, 0.717) is 0 Å². The third kappa shape index (κ3) is 3.12. The smallest absolute Gasteiger partial charge is 0.327 e. The van der Waals surface area contributed by atoms with Crippen LogP contribution in [0.3, 0.4) is 0 Å². The van der Waals surface area contributed by atoms with Gasteiger partial charge in [-0.15, -0.1) is 12.4 Å². The molecule has 1 rings (SSSR count). The Morgan fingerprint density at radius 1 is 1.38 bits per heavy atom. The SMILES string of the molecule is COC(=O)[C@H](N)c1ccc(OC)c(C)c1.Cl. The lowest BCUT2D eigenvalue weighted by Gasteiger charge is -2.11. The fourth-order valence-electron chi connectivity index (χ4n) is 1.36. The minimum absolute atomic E-state index is 0. The number of rotatable bonds is 3. The summed E-state index contributed by atoms with van der Waals surface area (Å²) in [5.41, 5.74) is 7.36. The van der Waals surface area contributed by atoms with Crippen LogP contribution >= 0.6 is 12.4 Å². The Labute approximate surface area is 101 Å². The largest absolute Gasteiger partial charge is 0.496 e. The van der Waals surface area contributed by atoms with Crippen LogP contribution in [0, 0.1) is 6.92 Å². The zero-order valence-electron chi connectivity index (χ0n) is 9.52. The van der Waals surface area contributed by atoms with Crippen molar-refractivity contribution in [3.63, 3.8) is 0 Å². The number of methoxy groups -OCH3 is 2. The molecule has 1 atom stereocenters. The average molecular weight is 246 g/mol. The van der Waals surface area contributed by atoms with Gasteiger partial charge < -0.3 is 15.2 Å². The Morgan fingerprint density at radius 3 is 2.44 bits per heavy atom. The third-order valence-electron chi connectivity index (χ3n) is 2.23. The molecule has 0 bridgehead atoms. The zero-order valence-corrected chi connectivity index (χ0v) is 10.3. The second-order valence-corrected chi connectivity index (χ2v) is 3.23. The highest BCUT2D eigenvalue weighted by atomic mass is 35.5. The normalized spacial score (nSPS) is 11.2. The number of benzene rings is 1. The number of esters is 1. The van der Waals surface area contributed by atoms with Crippen LogP contribution in [-0.2, 0) is 9.53 Å². The fraction of sp³-hybridized carbons (Fsp3) is 0.364. The predicted octanol–water partition coefficient (Wildman–Crippen LogP) is 1.60. The molecule has 2 N–H and O–H groups in total. The molecule has 1 aromatic rings. The van der Waals surface area contributed by atoms with Gasteiger partial charge in [-0.2, -0.15) is 0 Å². The molecule has 5 heteroatoms. The van der Waals surface area contributed by atoms with Crippen molar-refractivity contribution < 1.29 is 14.3 Å². The minimum Gasteiger partial charge on any atom is -0.496 e. The van der Waals surface area contributed by atoms with Crippen LogP contribution in [-0.4, -0.2) is 20.2 Å². The number of carbonyl (C=O) groups excluding carboxylic acids is 1. The summed E-state index contributed by atoms with van der Waals surface area (Å²) in [4.78, 5) is 11.2. The van der Waals surface area contributed by atoms with Gasteiger partial charge in [-0.25, -0.2) is 0 Å². The minimum atomic E-state index is -0.736. The number of nitrogens with two attached hydrogens (primary N) is 1. The van der Waals surface area contributed by atoms with E-state index in [4.69, 9.17) is 10.5 Å². The molecule has 90 valence electrons. The summed E-state index contributed by atoms with van der Waals surface area (Å²) in [7, 11) is 2.92. The maximum atomic E-state index is 11.2. The molecule has 1 aromatic carbocycles. The van der Waals surface area contributed by atoms with Gasteiger partial charge in [0, 0.05) is 0 Å². The van der Waals surface area contributed by atoms with Crippen molar-refractivity contribution in [2.45, 2.75) is 13.0 Å². The summed E-state index contributed by atoms with van der Waals surface area (Å²) in [6.45, 7) is 1.90. The summed E-state index contributed by atoms with van der Waals surface area (Å²) in [5.74, 6) is 0.329. The van der Waals surface area contributed by atoms with Crippen molar-refractivity contribution in [2.24, 2.45) is 5.73 Å². The van der Waals surface area contributed by atoms with Crippen molar-refractivity contribution in [3.05, 3.63) is 29.3 Å². The molecule has 0 saturated heterocycles. The molecular weight excluding hydrogens is 230 g/mol. The number of aryl methyl sites for hydroxylation is 1. The maximum absolute atomic E-state index is 11.2. The van der Waals surface area contributed by atoms with E-state index in [-0.39, 0.29) is 12.4 Å². The van der Waals surface area contributed by atoms with Crippen molar-refractivity contribution in [3.8, 4) is 5.75 Å². The van der Waals surface area contributed by atoms with Crippen molar-refractivity contribution in [1.82, 2.24) is 0 Å². The van der Waals surface area contributed by atoms with Crippen LogP contribution < -0.4 is 10.5 Å². The van der Waals surface area contributed by atoms with Gasteiger partial charge in [-0.05, 0) is 24.1 Å². The van der Waals surface area contributed by atoms with Crippen LogP contribution in [0.25, 0.3) is 0 Å². The van der Waals surface area contributed by atoms with E-state index < -0.39 is 12.0 Å². The molecule has 0 aliphatic rings. The first-order valence-electron chi connectivity index (χ1n) is 4.58. The molecule has 0 aliphatic heterocycles. The van der Waals surface area contributed by atoms with E-state index in [2.05, 4.69) is 4.74 Å².